The summed E-state index contributed by atoms with van der Waals surface area (Å²) in [6.07, 6.45) is 1.67. The molecule has 0 fully saturated rings. The van der Waals surface area contributed by atoms with Gasteiger partial charge in [0.05, 0.1) is 11.8 Å². The summed E-state index contributed by atoms with van der Waals surface area (Å²) < 4.78 is 29.3. The minimum absolute atomic E-state index is 0.0379. The summed E-state index contributed by atoms with van der Waals surface area (Å²) in [4.78, 5) is 11.5. The SMILES string of the molecule is CC(C)C[C@H](N)C(=O)CCCCS(=O)(=O)O. The van der Waals surface area contributed by atoms with Crippen LogP contribution in [-0.4, -0.2) is 30.5 Å². The number of hydrogen-bond donors (Lipinski definition) is 2. The minimum atomic E-state index is -3.90. The zero-order chi connectivity index (χ0) is 12.8. The highest BCUT2D eigenvalue weighted by molar-refractivity contribution is 7.85. The van der Waals surface area contributed by atoms with E-state index in [1.807, 2.05) is 13.8 Å². The van der Waals surface area contributed by atoms with Crippen LogP contribution < -0.4 is 5.73 Å². The largest absolute Gasteiger partial charge is 0.322 e. The van der Waals surface area contributed by atoms with Crippen molar-refractivity contribution in [3.05, 3.63) is 0 Å². The van der Waals surface area contributed by atoms with Gasteiger partial charge in [-0.25, -0.2) is 0 Å². The van der Waals surface area contributed by atoms with Crippen molar-refractivity contribution in [3.8, 4) is 0 Å². The molecular weight excluding hydrogens is 230 g/mol. The summed E-state index contributed by atoms with van der Waals surface area (Å²) in [5, 5.41) is 0. The molecule has 5 nitrogen and oxygen atoms in total. The average molecular weight is 251 g/mol. The van der Waals surface area contributed by atoms with Crippen LogP contribution >= 0.6 is 0 Å². The van der Waals surface area contributed by atoms with E-state index < -0.39 is 16.2 Å². The molecule has 0 spiro atoms. The minimum Gasteiger partial charge on any atom is -0.322 e. The Morgan fingerprint density at radius 3 is 2.31 bits per heavy atom. The van der Waals surface area contributed by atoms with Crippen molar-refractivity contribution in [2.45, 2.75) is 45.6 Å². The van der Waals surface area contributed by atoms with Gasteiger partial charge in [0.25, 0.3) is 10.1 Å². The number of nitrogens with two attached hydrogens (primary N) is 1. The molecule has 0 heterocycles. The number of rotatable bonds is 8. The molecule has 3 N–H and O–H groups in total. The van der Waals surface area contributed by atoms with E-state index in [9.17, 15) is 13.2 Å². The average Bonchev–Trinajstić information content (AvgIpc) is 2.09. The fourth-order valence-corrected chi connectivity index (χ4v) is 1.98. The highest BCUT2D eigenvalue weighted by Gasteiger charge is 2.14. The van der Waals surface area contributed by atoms with Gasteiger partial charge < -0.3 is 5.73 Å². The van der Waals surface area contributed by atoms with Crippen LogP contribution in [0.5, 0.6) is 0 Å². The van der Waals surface area contributed by atoms with Gasteiger partial charge in [0.1, 0.15) is 5.78 Å². The Labute approximate surface area is 97.2 Å². The number of Topliss-reactive ketones (excluding diaryl/α,β-unsaturated/α-hetero) is 1. The topological polar surface area (TPSA) is 97.5 Å². The van der Waals surface area contributed by atoms with Crippen molar-refractivity contribution in [1.82, 2.24) is 0 Å². The van der Waals surface area contributed by atoms with Crippen LogP contribution in [0.4, 0.5) is 0 Å². The van der Waals surface area contributed by atoms with E-state index in [4.69, 9.17) is 10.3 Å². The summed E-state index contributed by atoms with van der Waals surface area (Å²) >= 11 is 0. The van der Waals surface area contributed by atoms with Crippen molar-refractivity contribution >= 4 is 15.9 Å². The monoisotopic (exact) mass is 251 g/mol. The molecule has 0 saturated carbocycles. The second-order valence-electron chi connectivity index (χ2n) is 4.45. The molecule has 0 aromatic carbocycles. The smallest absolute Gasteiger partial charge is 0.264 e. The first kappa shape index (κ1) is 15.5. The van der Waals surface area contributed by atoms with Gasteiger partial charge in [0.15, 0.2) is 0 Å². The van der Waals surface area contributed by atoms with Gasteiger partial charge in [-0.15, -0.1) is 0 Å². The third-order valence-electron chi connectivity index (χ3n) is 2.21. The van der Waals surface area contributed by atoms with Gasteiger partial charge in [-0.05, 0) is 25.2 Å². The Kier molecular flexibility index (Phi) is 6.78. The van der Waals surface area contributed by atoms with Gasteiger partial charge in [0.2, 0.25) is 0 Å². The molecule has 0 rings (SSSR count). The Balaban J connectivity index is 3.73. The molecule has 6 heteroatoms. The lowest BCUT2D eigenvalue weighted by molar-refractivity contribution is -0.120. The highest BCUT2D eigenvalue weighted by atomic mass is 32.2. The van der Waals surface area contributed by atoms with E-state index in [0.29, 0.717) is 25.2 Å². The zero-order valence-corrected chi connectivity index (χ0v) is 10.7. The van der Waals surface area contributed by atoms with Gasteiger partial charge in [-0.2, -0.15) is 8.42 Å². The number of unbranched alkanes of at least 4 members (excludes halogenated alkanes) is 1. The van der Waals surface area contributed by atoms with Crippen molar-refractivity contribution in [1.29, 1.82) is 0 Å². The Morgan fingerprint density at radius 2 is 1.88 bits per heavy atom. The van der Waals surface area contributed by atoms with Gasteiger partial charge in [0, 0.05) is 6.42 Å². The zero-order valence-electron chi connectivity index (χ0n) is 9.85. The molecule has 0 radical (unpaired) electrons. The molecular formula is C10H21NO4S. The normalized spacial score (nSPS) is 14.1. The molecule has 1 atom stereocenters. The first-order chi connectivity index (χ1) is 7.22. The molecule has 0 aliphatic carbocycles. The van der Waals surface area contributed by atoms with E-state index in [0.717, 1.165) is 0 Å². The van der Waals surface area contributed by atoms with E-state index >= 15 is 0 Å². The van der Waals surface area contributed by atoms with Gasteiger partial charge >= 0.3 is 0 Å². The highest BCUT2D eigenvalue weighted by Crippen LogP contribution is 2.07. The molecule has 0 amide bonds. The van der Waals surface area contributed by atoms with Crippen molar-refractivity contribution in [2.75, 3.05) is 5.75 Å². The van der Waals surface area contributed by atoms with E-state index in [1.54, 1.807) is 0 Å². The molecule has 0 bridgehead atoms. The van der Waals surface area contributed by atoms with Crippen LogP contribution in [0.1, 0.15) is 39.5 Å². The molecule has 0 aromatic heterocycles. The lowest BCUT2D eigenvalue weighted by Gasteiger charge is -2.12. The van der Waals surface area contributed by atoms with Gasteiger partial charge in [-0.3, -0.25) is 9.35 Å². The maximum atomic E-state index is 11.5. The van der Waals surface area contributed by atoms with Gasteiger partial charge in [-0.1, -0.05) is 13.8 Å². The lowest BCUT2D eigenvalue weighted by atomic mass is 9.98. The molecule has 0 unspecified atom stereocenters. The Morgan fingerprint density at radius 1 is 1.31 bits per heavy atom. The summed E-state index contributed by atoms with van der Waals surface area (Å²) in [5.74, 6) is 0.0421. The van der Waals surface area contributed by atoms with Crippen LogP contribution in [0.2, 0.25) is 0 Å². The molecule has 0 aliphatic heterocycles. The van der Waals surface area contributed by atoms with Crippen LogP contribution in [0.15, 0.2) is 0 Å². The van der Waals surface area contributed by atoms with E-state index in [-0.39, 0.29) is 18.0 Å². The second kappa shape index (κ2) is 6.98. The van der Waals surface area contributed by atoms with Crippen molar-refractivity contribution < 1.29 is 17.8 Å². The Bertz CT molecular complexity index is 311. The third kappa shape index (κ3) is 8.82. The lowest BCUT2D eigenvalue weighted by Crippen LogP contribution is -2.31. The first-order valence-corrected chi connectivity index (χ1v) is 7.06. The fourth-order valence-electron chi connectivity index (χ4n) is 1.41. The molecule has 0 aromatic rings. The summed E-state index contributed by atoms with van der Waals surface area (Å²) in [6, 6.07) is -0.453. The number of carbonyl (C=O) groups excluding carboxylic acids is 1. The maximum Gasteiger partial charge on any atom is 0.264 e. The number of carbonyl (C=O) groups is 1. The quantitative estimate of drug-likeness (QED) is 0.495. The molecule has 0 saturated heterocycles. The predicted octanol–water partition coefficient (Wildman–Crippen LogP) is 0.987. The number of ketones is 1. The first-order valence-electron chi connectivity index (χ1n) is 5.46. The van der Waals surface area contributed by atoms with E-state index in [2.05, 4.69) is 0 Å². The van der Waals surface area contributed by atoms with Crippen LogP contribution in [0, 0.1) is 5.92 Å². The summed E-state index contributed by atoms with van der Waals surface area (Å²) in [7, 11) is -3.90. The Hall–Kier alpha value is -0.460. The van der Waals surface area contributed by atoms with Crippen LogP contribution in [0.3, 0.4) is 0 Å². The standard InChI is InChI=1S/C10H21NO4S/c1-8(2)7-9(11)10(12)5-3-4-6-16(13,14)15/h8-9H,3-7,11H2,1-2H3,(H,13,14,15)/t9-/m0/s1. The van der Waals surface area contributed by atoms with Crippen molar-refractivity contribution in [3.63, 3.8) is 0 Å². The summed E-state index contributed by atoms with van der Waals surface area (Å²) in [6.45, 7) is 3.98. The molecule has 0 aliphatic rings. The van der Waals surface area contributed by atoms with Crippen LogP contribution in [-0.2, 0) is 14.9 Å². The maximum absolute atomic E-state index is 11.5. The van der Waals surface area contributed by atoms with Crippen molar-refractivity contribution in [2.24, 2.45) is 11.7 Å². The molecule has 16 heavy (non-hydrogen) atoms. The second-order valence-corrected chi connectivity index (χ2v) is 6.02. The summed E-state index contributed by atoms with van der Waals surface area (Å²) in [5.41, 5.74) is 5.67. The predicted molar refractivity (Wildman–Crippen MR) is 62.7 cm³/mol. The van der Waals surface area contributed by atoms with Crippen LogP contribution in [0.25, 0.3) is 0 Å². The fraction of sp³-hybridized carbons (Fsp3) is 0.900. The molecule has 96 valence electrons. The number of hydrogen-bond acceptors (Lipinski definition) is 4. The third-order valence-corrected chi connectivity index (χ3v) is 3.02. The van der Waals surface area contributed by atoms with E-state index in [1.165, 1.54) is 0 Å².